The zero-order valence-electron chi connectivity index (χ0n) is 16.7. The van der Waals surface area contributed by atoms with Crippen molar-refractivity contribution in [2.24, 2.45) is 0 Å². The number of hydrogen-bond acceptors (Lipinski definition) is 6. The molecule has 1 amide bonds. The summed E-state index contributed by atoms with van der Waals surface area (Å²) in [5.41, 5.74) is 1.14. The monoisotopic (exact) mass is 372 g/mol. The van der Waals surface area contributed by atoms with E-state index in [2.05, 4.69) is 9.88 Å². The number of ether oxygens (including phenoxy) is 2. The van der Waals surface area contributed by atoms with Crippen molar-refractivity contribution < 1.29 is 14.3 Å². The topological polar surface area (TPSA) is 67.8 Å². The number of likely N-dealkylation sites (N-methyl/N-ethyl adjacent to an activating group) is 1. The van der Waals surface area contributed by atoms with Crippen molar-refractivity contribution in [2.75, 3.05) is 31.6 Å². The molecule has 1 fully saturated rings. The van der Waals surface area contributed by atoms with Gasteiger partial charge in [0.15, 0.2) is 5.82 Å². The summed E-state index contributed by atoms with van der Waals surface area (Å²) < 4.78 is 11.2. The molecule has 1 aromatic carbocycles. The number of hydrogen-bond donors (Lipinski definition) is 0. The molecule has 27 heavy (non-hydrogen) atoms. The average molecular weight is 372 g/mol. The molecule has 7 nitrogen and oxygen atoms in total. The number of aromatic nitrogens is 2. The normalized spacial score (nSPS) is 17.2. The first kappa shape index (κ1) is 19.2. The van der Waals surface area contributed by atoms with Crippen molar-refractivity contribution in [2.45, 2.75) is 45.8 Å². The van der Waals surface area contributed by atoms with Crippen LogP contribution in [0.15, 0.2) is 24.3 Å². The van der Waals surface area contributed by atoms with Gasteiger partial charge in [-0.2, -0.15) is 0 Å². The third-order valence-electron chi connectivity index (χ3n) is 4.50. The molecule has 0 N–H and O–H groups in total. The zero-order valence-corrected chi connectivity index (χ0v) is 16.7. The zero-order chi connectivity index (χ0) is 19.6. The lowest BCUT2D eigenvalue weighted by Crippen LogP contribution is -2.39. The van der Waals surface area contributed by atoms with E-state index < -0.39 is 5.60 Å². The van der Waals surface area contributed by atoms with Gasteiger partial charge in [-0.05, 0) is 46.2 Å². The van der Waals surface area contributed by atoms with Crippen molar-refractivity contribution >= 4 is 22.9 Å². The fraction of sp³-hybridized carbons (Fsp3) is 0.550. The number of likely N-dealkylation sites (tertiary alicyclic amines) is 1. The number of para-hydroxylation sites is 2. The van der Waals surface area contributed by atoms with Crippen molar-refractivity contribution in [1.29, 1.82) is 0 Å². The van der Waals surface area contributed by atoms with Crippen LogP contribution in [0.25, 0.3) is 11.0 Å². The molecular weight excluding hydrogens is 344 g/mol. The van der Waals surface area contributed by atoms with Crippen LogP contribution in [0.4, 0.5) is 10.6 Å². The summed E-state index contributed by atoms with van der Waals surface area (Å²) in [7, 11) is 1.98. The number of rotatable bonds is 4. The second kappa shape index (κ2) is 7.58. The maximum atomic E-state index is 12.3. The van der Waals surface area contributed by atoms with E-state index in [4.69, 9.17) is 14.5 Å². The first-order valence-corrected chi connectivity index (χ1v) is 9.39. The Morgan fingerprint density at radius 2 is 1.93 bits per heavy atom. The minimum atomic E-state index is -0.493. The smallest absolute Gasteiger partial charge is 0.410 e. The summed E-state index contributed by atoms with van der Waals surface area (Å²) in [5.74, 6) is 1.22. The van der Waals surface area contributed by atoms with Crippen molar-refractivity contribution in [3.8, 4) is 5.88 Å². The molecule has 146 valence electrons. The first-order chi connectivity index (χ1) is 12.8. The number of carbonyl (C=O) groups is 1. The van der Waals surface area contributed by atoms with Crippen LogP contribution >= 0.6 is 0 Å². The maximum absolute atomic E-state index is 12.3. The van der Waals surface area contributed by atoms with Crippen LogP contribution in [-0.2, 0) is 4.74 Å². The van der Waals surface area contributed by atoms with Crippen molar-refractivity contribution in [1.82, 2.24) is 14.9 Å². The van der Waals surface area contributed by atoms with Crippen LogP contribution < -0.4 is 9.64 Å². The fourth-order valence-corrected chi connectivity index (χ4v) is 3.16. The molecule has 7 heteroatoms. The molecule has 0 radical (unpaired) electrons. The Labute approximate surface area is 160 Å². The molecule has 0 saturated carbocycles. The van der Waals surface area contributed by atoms with Crippen LogP contribution in [-0.4, -0.2) is 59.3 Å². The Morgan fingerprint density at radius 3 is 2.56 bits per heavy atom. The summed E-state index contributed by atoms with van der Waals surface area (Å²) >= 11 is 0. The summed E-state index contributed by atoms with van der Waals surface area (Å²) in [4.78, 5) is 25.6. The molecule has 1 aliphatic rings. The quantitative estimate of drug-likeness (QED) is 0.819. The van der Waals surface area contributed by atoms with Crippen molar-refractivity contribution in [3.05, 3.63) is 24.3 Å². The molecular formula is C20H28N4O3. The lowest BCUT2D eigenvalue weighted by Gasteiger charge is -2.28. The third-order valence-corrected chi connectivity index (χ3v) is 4.50. The fourth-order valence-electron chi connectivity index (χ4n) is 3.16. The van der Waals surface area contributed by atoms with E-state index in [9.17, 15) is 4.79 Å². The highest BCUT2D eigenvalue weighted by molar-refractivity contribution is 5.77. The summed E-state index contributed by atoms with van der Waals surface area (Å²) in [6.45, 7) is 9.33. The van der Waals surface area contributed by atoms with Gasteiger partial charge in [-0.1, -0.05) is 12.1 Å². The van der Waals surface area contributed by atoms with Gasteiger partial charge in [0, 0.05) is 26.2 Å². The first-order valence-electron chi connectivity index (χ1n) is 9.39. The average Bonchev–Trinajstić information content (AvgIpc) is 3.10. The summed E-state index contributed by atoms with van der Waals surface area (Å²) in [6, 6.07) is 7.88. The van der Waals surface area contributed by atoms with Gasteiger partial charge in [0.2, 0.25) is 0 Å². The molecule has 0 aliphatic carbocycles. The predicted molar refractivity (Wildman–Crippen MR) is 105 cm³/mol. The summed E-state index contributed by atoms with van der Waals surface area (Å²) in [6.07, 6.45) is 0.573. The second-order valence-corrected chi connectivity index (χ2v) is 7.75. The third kappa shape index (κ3) is 4.40. The van der Waals surface area contributed by atoms with E-state index in [0.29, 0.717) is 31.4 Å². The molecule has 2 heterocycles. The second-order valence-electron chi connectivity index (χ2n) is 7.75. The van der Waals surface area contributed by atoms with Gasteiger partial charge in [-0.15, -0.1) is 0 Å². The lowest BCUT2D eigenvalue weighted by molar-refractivity contribution is 0.0292. The Bertz CT molecular complexity index is 818. The number of carbonyl (C=O) groups excluding carboxylic acids is 1. The van der Waals surface area contributed by atoms with E-state index in [1.807, 2.05) is 59.0 Å². The van der Waals surface area contributed by atoms with Crippen LogP contribution in [0.2, 0.25) is 0 Å². The van der Waals surface area contributed by atoms with Gasteiger partial charge in [0.1, 0.15) is 5.60 Å². The molecule has 3 rings (SSSR count). The Kier molecular flexibility index (Phi) is 5.39. The Balaban J connectivity index is 1.80. The van der Waals surface area contributed by atoms with Crippen LogP contribution in [0.3, 0.4) is 0 Å². The van der Waals surface area contributed by atoms with Gasteiger partial charge in [0.05, 0.1) is 17.6 Å². The number of fused-ring (bicyclic) bond motifs is 1. The predicted octanol–water partition coefficient (Wildman–Crippen LogP) is 3.47. The van der Waals surface area contributed by atoms with Crippen molar-refractivity contribution in [3.63, 3.8) is 0 Å². The number of anilines is 1. The van der Waals surface area contributed by atoms with E-state index >= 15 is 0 Å². The Hall–Kier alpha value is -2.57. The molecule has 1 aromatic heterocycles. The molecule has 0 spiro atoms. The van der Waals surface area contributed by atoms with Crippen LogP contribution in [0, 0.1) is 0 Å². The molecule has 2 aromatic rings. The summed E-state index contributed by atoms with van der Waals surface area (Å²) in [5, 5.41) is 0. The molecule has 0 bridgehead atoms. The van der Waals surface area contributed by atoms with E-state index in [-0.39, 0.29) is 12.1 Å². The van der Waals surface area contributed by atoms with Crippen LogP contribution in [0.1, 0.15) is 34.1 Å². The highest BCUT2D eigenvalue weighted by atomic mass is 16.6. The Morgan fingerprint density at radius 1 is 1.26 bits per heavy atom. The highest BCUT2D eigenvalue weighted by Gasteiger charge is 2.33. The maximum Gasteiger partial charge on any atom is 0.410 e. The molecule has 1 saturated heterocycles. The number of amides is 1. The molecule has 1 aliphatic heterocycles. The number of benzene rings is 1. The molecule has 0 unspecified atom stereocenters. The highest BCUT2D eigenvalue weighted by Crippen LogP contribution is 2.30. The van der Waals surface area contributed by atoms with Gasteiger partial charge >= 0.3 is 6.09 Å². The SMILES string of the molecule is CCOc1nc2ccccc2nc1N(C)[C@@H]1CCN(C(=O)OC(C)(C)C)C1. The van der Waals surface area contributed by atoms with E-state index in [1.54, 1.807) is 4.90 Å². The largest absolute Gasteiger partial charge is 0.475 e. The standard InChI is InChI=1S/C20H28N4O3/c1-6-26-18-17(21-15-9-7-8-10-16(15)22-18)23(5)14-11-12-24(13-14)19(25)27-20(2,3)4/h7-10,14H,6,11-13H2,1-5H3/t14-/m1/s1. The number of nitrogens with zero attached hydrogens (tertiary/aromatic N) is 4. The van der Waals surface area contributed by atoms with Crippen LogP contribution in [0.5, 0.6) is 5.88 Å². The minimum Gasteiger partial charge on any atom is -0.475 e. The molecule has 1 atom stereocenters. The van der Waals surface area contributed by atoms with E-state index in [0.717, 1.165) is 17.5 Å². The van der Waals surface area contributed by atoms with Gasteiger partial charge < -0.3 is 19.3 Å². The lowest BCUT2D eigenvalue weighted by atomic mass is 10.2. The van der Waals surface area contributed by atoms with Gasteiger partial charge in [-0.3, -0.25) is 0 Å². The van der Waals surface area contributed by atoms with Gasteiger partial charge in [-0.25, -0.2) is 14.8 Å². The minimum absolute atomic E-state index is 0.132. The van der Waals surface area contributed by atoms with Gasteiger partial charge in [0.25, 0.3) is 5.88 Å². The van der Waals surface area contributed by atoms with E-state index in [1.165, 1.54) is 0 Å².